The Kier molecular flexibility index (Phi) is 5.34. The van der Waals surface area contributed by atoms with Crippen molar-refractivity contribution in [3.05, 3.63) is 36.0 Å². The second kappa shape index (κ2) is 7.71. The number of nitrogens with zero attached hydrogens (tertiary/aromatic N) is 3. The third-order valence-electron chi connectivity index (χ3n) is 4.68. The van der Waals surface area contributed by atoms with Crippen molar-refractivity contribution in [3.8, 4) is 17.4 Å². The molecule has 2 aromatic rings. The summed E-state index contributed by atoms with van der Waals surface area (Å²) in [4.78, 5) is 25.4. The lowest BCUT2D eigenvalue weighted by molar-refractivity contribution is -0.146. The van der Waals surface area contributed by atoms with Crippen LogP contribution in [0.1, 0.15) is 19.0 Å². The molecule has 0 bridgehead atoms. The van der Waals surface area contributed by atoms with E-state index in [1.54, 1.807) is 37.3 Å². The minimum Gasteiger partial charge on any atom is -0.493 e. The molecule has 2 N–H and O–H groups in total. The van der Waals surface area contributed by atoms with E-state index in [1.165, 1.54) is 12.0 Å². The summed E-state index contributed by atoms with van der Waals surface area (Å²) < 4.78 is 11.0. The maximum Gasteiger partial charge on any atom is 0.321 e. The Hall–Kier alpha value is -3.36. The number of carbonyl (C=O) groups is 2. The Morgan fingerprint density at radius 3 is 2.61 bits per heavy atom. The van der Waals surface area contributed by atoms with Crippen LogP contribution in [0.2, 0.25) is 0 Å². The van der Waals surface area contributed by atoms with Crippen LogP contribution in [0.3, 0.4) is 0 Å². The molecule has 1 atom stereocenters. The molecule has 148 valence electrons. The predicted octanol–water partition coefficient (Wildman–Crippen LogP) is 2.91. The van der Waals surface area contributed by atoms with Gasteiger partial charge in [-0.3, -0.25) is 4.79 Å². The van der Waals surface area contributed by atoms with Gasteiger partial charge < -0.3 is 24.8 Å². The zero-order valence-electron chi connectivity index (χ0n) is 15.9. The van der Waals surface area contributed by atoms with Crippen LogP contribution in [-0.2, 0) is 4.79 Å². The van der Waals surface area contributed by atoms with E-state index in [1.807, 2.05) is 6.92 Å². The van der Waals surface area contributed by atoms with E-state index in [0.717, 1.165) is 5.69 Å². The second-order valence-corrected chi connectivity index (χ2v) is 6.95. The SMILES string of the molecule is COc1ccc(NC(=O)N2CCC(C)(C(=O)O)C2)cc1Oc1ccc(C)nn1. The van der Waals surface area contributed by atoms with E-state index in [2.05, 4.69) is 15.5 Å². The molecular weight excluding hydrogens is 364 g/mol. The number of rotatable bonds is 5. The van der Waals surface area contributed by atoms with E-state index in [4.69, 9.17) is 9.47 Å². The number of carboxylic acid groups (broad SMARTS) is 1. The van der Waals surface area contributed by atoms with Gasteiger partial charge in [-0.05, 0) is 38.5 Å². The molecule has 1 aliphatic rings. The van der Waals surface area contributed by atoms with Crippen LogP contribution in [0.4, 0.5) is 10.5 Å². The number of carbonyl (C=O) groups excluding carboxylic acids is 1. The van der Waals surface area contributed by atoms with Crippen molar-refractivity contribution < 1.29 is 24.2 Å². The molecule has 2 amide bonds. The summed E-state index contributed by atoms with van der Waals surface area (Å²) >= 11 is 0. The molecule has 1 saturated heterocycles. The highest BCUT2D eigenvalue weighted by Gasteiger charge is 2.42. The van der Waals surface area contributed by atoms with Crippen molar-refractivity contribution in [1.82, 2.24) is 15.1 Å². The summed E-state index contributed by atoms with van der Waals surface area (Å²) in [5.41, 5.74) is 0.333. The van der Waals surface area contributed by atoms with Crippen LogP contribution in [-0.4, -0.2) is 52.4 Å². The molecule has 0 saturated carbocycles. The summed E-state index contributed by atoms with van der Waals surface area (Å²) in [7, 11) is 1.51. The molecule has 9 heteroatoms. The molecular formula is C19H22N4O5. The first-order chi connectivity index (χ1) is 13.3. The predicted molar refractivity (Wildman–Crippen MR) is 101 cm³/mol. The Balaban J connectivity index is 1.73. The number of aromatic nitrogens is 2. The lowest BCUT2D eigenvalue weighted by atomic mass is 9.90. The minimum atomic E-state index is -0.921. The number of aliphatic carboxylic acids is 1. The molecule has 0 spiro atoms. The van der Waals surface area contributed by atoms with Crippen molar-refractivity contribution >= 4 is 17.7 Å². The summed E-state index contributed by atoms with van der Waals surface area (Å²) in [6.45, 7) is 4.01. The van der Waals surface area contributed by atoms with E-state index in [9.17, 15) is 14.7 Å². The first kappa shape index (κ1) is 19.4. The molecule has 1 unspecified atom stereocenters. The number of carboxylic acids is 1. The maximum absolute atomic E-state index is 12.5. The number of nitrogens with one attached hydrogen (secondary N) is 1. The smallest absolute Gasteiger partial charge is 0.321 e. The van der Waals surface area contributed by atoms with Crippen LogP contribution in [0.15, 0.2) is 30.3 Å². The minimum absolute atomic E-state index is 0.159. The van der Waals surface area contributed by atoms with Crippen LogP contribution in [0.5, 0.6) is 17.4 Å². The largest absolute Gasteiger partial charge is 0.493 e. The lowest BCUT2D eigenvalue weighted by Gasteiger charge is -2.21. The Morgan fingerprint density at radius 2 is 2.00 bits per heavy atom. The third kappa shape index (κ3) is 4.13. The highest BCUT2D eigenvalue weighted by molar-refractivity contribution is 5.90. The second-order valence-electron chi connectivity index (χ2n) is 6.95. The number of hydrogen-bond acceptors (Lipinski definition) is 6. The van der Waals surface area contributed by atoms with Crippen LogP contribution >= 0.6 is 0 Å². The number of urea groups is 1. The van der Waals surface area contributed by atoms with Crippen molar-refractivity contribution in [2.24, 2.45) is 5.41 Å². The molecule has 9 nitrogen and oxygen atoms in total. The Labute approximate surface area is 162 Å². The van der Waals surface area contributed by atoms with Gasteiger partial charge in [-0.15, -0.1) is 5.10 Å². The van der Waals surface area contributed by atoms with Crippen molar-refractivity contribution in [2.75, 3.05) is 25.5 Å². The van der Waals surface area contributed by atoms with Crippen molar-refractivity contribution in [1.29, 1.82) is 0 Å². The number of methoxy groups -OCH3 is 1. The number of ether oxygens (including phenoxy) is 2. The number of benzene rings is 1. The van der Waals surface area contributed by atoms with Crippen LogP contribution in [0, 0.1) is 12.3 Å². The Bertz CT molecular complexity index is 886. The number of likely N-dealkylation sites (tertiary alicyclic amines) is 1. The fourth-order valence-electron chi connectivity index (χ4n) is 2.90. The highest BCUT2D eigenvalue weighted by Crippen LogP contribution is 2.34. The number of amides is 2. The zero-order chi connectivity index (χ0) is 20.3. The van der Waals surface area contributed by atoms with E-state index >= 15 is 0 Å². The van der Waals surface area contributed by atoms with E-state index < -0.39 is 11.4 Å². The molecule has 28 heavy (non-hydrogen) atoms. The fourth-order valence-corrected chi connectivity index (χ4v) is 2.90. The van der Waals surface area contributed by atoms with Gasteiger partial charge in [0.05, 0.1) is 18.2 Å². The zero-order valence-corrected chi connectivity index (χ0v) is 15.9. The number of aryl methyl sites for hydroxylation is 1. The molecule has 3 rings (SSSR count). The van der Waals surface area contributed by atoms with Crippen molar-refractivity contribution in [3.63, 3.8) is 0 Å². The average Bonchev–Trinajstić information content (AvgIpc) is 3.08. The lowest BCUT2D eigenvalue weighted by Crippen LogP contribution is -2.37. The summed E-state index contributed by atoms with van der Waals surface area (Å²) in [6, 6.07) is 8.05. The van der Waals surface area contributed by atoms with Crippen molar-refractivity contribution in [2.45, 2.75) is 20.3 Å². The average molecular weight is 386 g/mol. The first-order valence-electron chi connectivity index (χ1n) is 8.76. The van der Waals surface area contributed by atoms with Gasteiger partial charge in [-0.1, -0.05) is 0 Å². The molecule has 0 radical (unpaired) electrons. The molecule has 2 heterocycles. The quantitative estimate of drug-likeness (QED) is 0.812. The third-order valence-corrected chi connectivity index (χ3v) is 4.68. The van der Waals surface area contributed by atoms with Gasteiger partial charge in [0.15, 0.2) is 11.5 Å². The monoisotopic (exact) mass is 386 g/mol. The molecule has 1 aliphatic heterocycles. The van der Waals surface area contributed by atoms with E-state index in [0.29, 0.717) is 36.0 Å². The molecule has 1 fully saturated rings. The van der Waals surface area contributed by atoms with Gasteiger partial charge in [0.1, 0.15) is 0 Å². The molecule has 0 aliphatic carbocycles. The van der Waals surface area contributed by atoms with Gasteiger partial charge in [0, 0.05) is 30.9 Å². The number of hydrogen-bond donors (Lipinski definition) is 2. The maximum atomic E-state index is 12.5. The first-order valence-corrected chi connectivity index (χ1v) is 8.76. The van der Waals surface area contributed by atoms with Crippen LogP contribution in [0.25, 0.3) is 0 Å². The van der Waals surface area contributed by atoms with Gasteiger partial charge in [-0.2, -0.15) is 5.10 Å². The number of anilines is 1. The van der Waals surface area contributed by atoms with E-state index in [-0.39, 0.29) is 12.6 Å². The summed E-state index contributed by atoms with van der Waals surface area (Å²) in [5.74, 6) is 0.238. The van der Waals surface area contributed by atoms with Gasteiger partial charge in [0.2, 0.25) is 5.88 Å². The summed E-state index contributed by atoms with van der Waals surface area (Å²) in [6.07, 6.45) is 0.415. The molecule has 1 aromatic carbocycles. The van der Waals surface area contributed by atoms with Gasteiger partial charge in [-0.25, -0.2) is 4.79 Å². The van der Waals surface area contributed by atoms with Gasteiger partial charge in [0.25, 0.3) is 0 Å². The standard InChI is InChI=1S/C19H22N4O5/c1-12-4-7-16(22-21-12)28-15-10-13(5-6-14(15)27-3)20-18(26)23-9-8-19(2,11-23)17(24)25/h4-7,10H,8-9,11H2,1-3H3,(H,20,26)(H,24,25). The van der Waals surface area contributed by atoms with Gasteiger partial charge >= 0.3 is 12.0 Å². The topological polar surface area (TPSA) is 114 Å². The molecule has 1 aromatic heterocycles. The summed E-state index contributed by atoms with van der Waals surface area (Å²) in [5, 5.41) is 20.0. The normalized spacial score (nSPS) is 18.6. The highest BCUT2D eigenvalue weighted by atomic mass is 16.5. The Morgan fingerprint density at radius 1 is 1.21 bits per heavy atom. The fraction of sp³-hybridized carbons (Fsp3) is 0.368. The van der Waals surface area contributed by atoms with Crippen LogP contribution < -0.4 is 14.8 Å².